The molecular weight excluding hydrogens is 264 g/mol. The first-order chi connectivity index (χ1) is 10.0. The number of aromatic nitrogens is 2. The van der Waals surface area contributed by atoms with E-state index in [1.165, 1.54) is 0 Å². The van der Waals surface area contributed by atoms with Gasteiger partial charge in [0.25, 0.3) is 0 Å². The van der Waals surface area contributed by atoms with E-state index in [2.05, 4.69) is 16.5 Å². The van der Waals surface area contributed by atoms with E-state index >= 15 is 0 Å². The summed E-state index contributed by atoms with van der Waals surface area (Å²) >= 11 is 0. The van der Waals surface area contributed by atoms with Crippen LogP contribution in [0.3, 0.4) is 0 Å². The summed E-state index contributed by atoms with van der Waals surface area (Å²) in [6.07, 6.45) is 3.70. The average molecular weight is 284 g/mol. The van der Waals surface area contributed by atoms with Crippen molar-refractivity contribution in [3.63, 3.8) is 0 Å². The lowest BCUT2D eigenvalue weighted by atomic mass is 9.86. The lowest BCUT2D eigenvalue weighted by molar-refractivity contribution is 0.269. The summed E-state index contributed by atoms with van der Waals surface area (Å²) in [5.41, 5.74) is 2.60. The molecule has 0 spiro atoms. The second-order valence-electron chi connectivity index (χ2n) is 5.50. The van der Waals surface area contributed by atoms with Gasteiger partial charge in [-0.3, -0.25) is 4.68 Å². The molecule has 1 aromatic carbocycles. The van der Waals surface area contributed by atoms with E-state index in [1.807, 2.05) is 44.3 Å². The Labute approximate surface area is 124 Å². The molecule has 0 bridgehead atoms. The van der Waals surface area contributed by atoms with Gasteiger partial charge in [-0.2, -0.15) is 10.4 Å². The fraction of sp³-hybridized carbons (Fsp3) is 0.375. The van der Waals surface area contributed by atoms with E-state index in [4.69, 9.17) is 10.4 Å². The standard InChI is InChI=1S/C16H20N4O/c1-16(2,12-17)14-3-5-15(6-4-14)18-9-13-10-19-20(11-13)7-8-21/h3-6,10-11,18,21H,7-9H2,1-2H3. The molecule has 0 fully saturated rings. The summed E-state index contributed by atoms with van der Waals surface area (Å²) in [5.74, 6) is 0. The number of anilines is 1. The monoisotopic (exact) mass is 284 g/mol. The highest BCUT2D eigenvalue weighted by molar-refractivity contribution is 5.47. The van der Waals surface area contributed by atoms with E-state index in [0.717, 1.165) is 16.8 Å². The van der Waals surface area contributed by atoms with Gasteiger partial charge in [0.2, 0.25) is 0 Å². The van der Waals surface area contributed by atoms with Crippen LogP contribution in [0.5, 0.6) is 0 Å². The smallest absolute Gasteiger partial charge is 0.0766 e. The first kappa shape index (κ1) is 15.1. The predicted molar refractivity (Wildman–Crippen MR) is 81.7 cm³/mol. The number of rotatable bonds is 6. The molecule has 2 aromatic rings. The summed E-state index contributed by atoms with van der Waals surface area (Å²) in [6, 6.07) is 10.2. The van der Waals surface area contributed by atoms with E-state index in [9.17, 15) is 0 Å². The van der Waals surface area contributed by atoms with Crippen LogP contribution >= 0.6 is 0 Å². The Balaban J connectivity index is 1.96. The molecule has 0 unspecified atom stereocenters. The van der Waals surface area contributed by atoms with E-state index < -0.39 is 5.41 Å². The molecule has 0 saturated heterocycles. The van der Waals surface area contributed by atoms with Crippen LogP contribution in [-0.4, -0.2) is 21.5 Å². The van der Waals surface area contributed by atoms with Crippen LogP contribution in [0.15, 0.2) is 36.7 Å². The number of hydrogen-bond donors (Lipinski definition) is 2. The number of nitrogens with one attached hydrogen (secondary N) is 1. The summed E-state index contributed by atoms with van der Waals surface area (Å²) < 4.78 is 1.72. The lowest BCUT2D eigenvalue weighted by Gasteiger charge is -2.16. The van der Waals surface area contributed by atoms with Crippen LogP contribution in [0.25, 0.3) is 0 Å². The molecule has 2 N–H and O–H groups in total. The highest BCUT2D eigenvalue weighted by Crippen LogP contribution is 2.23. The molecule has 0 amide bonds. The normalized spacial score (nSPS) is 11.1. The molecule has 0 saturated carbocycles. The van der Waals surface area contributed by atoms with E-state index in [1.54, 1.807) is 10.9 Å². The topological polar surface area (TPSA) is 73.9 Å². The van der Waals surface area contributed by atoms with Crippen molar-refractivity contribution in [2.45, 2.75) is 32.4 Å². The van der Waals surface area contributed by atoms with Crippen LogP contribution in [0.2, 0.25) is 0 Å². The van der Waals surface area contributed by atoms with Crippen molar-refractivity contribution >= 4 is 5.69 Å². The Hall–Kier alpha value is -2.32. The molecule has 5 heteroatoms. The van der Waals surface area contributed by atoms with Crippen molar-refractivity contribution in [2.75, 3.05) is 11.9 Å². The Bertz CT molecular complexity index is 622. The number of aliphatic hydroxyl groups is 1. The molecule has 2 rings (SSSR count). The summed E-state index contributed by atoms with van der Waals surface area (Å²) in [5, 5.41) is 25.4. The van der Waals surface area contributed by atoms with Crippen LogP contribution in [0.1, 0.15) is 25.0 Å². The van der Waals surface area contributed by atoms with Crippen molar-refractivity contribution in [2.24, 2.45) is 0 Å². The summed E-state index contributed by atoms with van der Waals surface area (Å²) in [4.78, 5) is 0. The fourth-order valence-electron chi connectivity index (χ4n) is 2.00. The minimum atomic E-state index is -0.468. The second-order valence-corrected chi connectivity index (χ2v) is 5.50. The van der Waals surface area contributed by atoms with Gasteiger partial charge in [-0.1, -0.05) is 12.1 Å². The Morgan fingerprint density at radius 3 is 2.67 bits per heavy atom. The molecule has 5 nitrogen and oxygen atoms in total. The first-order valence-electron chi connectivity index (χ1n) is 6.93. The summed E-state index contributed by atoms with van der Waals surface area (Å²) in [7, 11) is 0. The maximum atomic E-state index is 9.12. The number of hydrogen-bond acceptors (Lipinski definition) is 4. The second kappa shape index (κ2) is 6.42. The van der Waals surface area contributed by atoms with Crippen molar-refractivity contribution in [3.05, 3.63) is 47.8 Å². The van der Waals surface area contributed by atoms with E-state index in [-0.39, 0.29) is 6.61 Å². The van der Waals surface area contributed by atoms with Crippen LogP contribution < -0.4 is 5.32 Å². The lowest BCUT2D eigenvalue weighted by Crippen LogP contribution is -2.13. The third-order valence-electron chi connectivity index (χ3n) is 3.40. The zero-order valence-electron chi connectivity index (χ0n) is 12.4. The average Bonchev–Trinajstić information content (AvgIpc) is 2.94. The highest BCUT2D eigenvalue weighted by atomic mass is 16.3. The third-order valence-corrected chi connectivity index (χ3v) is 3.40. The number of aliphatic hydroxyl groups excluding tert-OH is 1. The van der Waals surface area contributed by atoms with Gasteiger partial charge < -0.3 is 10.4 Å². The molecule has 1 heterocycles. The molecule has 0 atom stereocenters. The van der Waals surface area contributed by atoms with Crippen molar-refractivity contribution < 1.29 is 5.11 Å². The van der Waals surface area contributed by atoms with Gasteiger partial charge in [-0.15, -0.1) is 0 Å². The first-order valence-corrected chi connectivity index (χ1v) is 6.93. The predicted octanol–water partition coefficient (Wildman–Crippen LogP) is 2.29. The molecule has 110 valence electrons. The zero-order valence-corrected chi connectivity index (χ0v) is 12.4. The van der Waals surface area contributed by atoms with Gasteiger partial charge in [0.1, 0.15) is 0 Å². The SMILES string of the molecule is CC(C)(C#N)c1ccc(NCc2cnn(CCO)c2)cc1. The summed E-state index contributed by atoms with van der Waals surface area (Å²) in [6.45, 7) is 5.09. The number of benzene rings is 1. The van der Waals surface area contributed by atoms with Crippen molar-refractivity contribution in [1.82, 2.24) is 9.78 Å². The number of nitriles is 1. The zero-order chi connectivity index (χ0) is 15.3. The van der Waals surface area contributed by atoms with Gasteiger partial charge in [0, 0.05) is 24.0 Å². The minimum Gasteiger partial charge on any atom is -0.394 e. The maximum absolute atomic E-state index is 9.12. The Morgan fingerprint density at radius 1 is 1.33 bits per heavy atom. The largest absolute Gasteiger partial charge is 0.394 e. The molecule has 0 radical (unpaired) electrons. The van der Waals surface area contributed by atoms with Crippen molar-refractivity contribution in [3.8, 4) is 6.07 Å². The molecule has 0 aliphatic rings. The van der Waals surface area contributed by atoms with Gasteiger partial charge in [-0.25, -0.2) is 0 Å². The van der Waals surface area contributed by atoms with Crippen molar-refractivity contribution in [1.29, 1.82) is 5.26 Å². The molecule has 0 aliphatic carbocycles. The van der Waals surface area contributed by atoms with E-state index in [0.29, 0.717) is 13.1 Å². The maximum Gasteiger partial charge on any atom is 0.0766 e. The molecular formula is C16H20N4O. The minimum absolute atomic E-state index is 0.0880. The van der Waals surface area contributed by atoms with Crippen LogP contribution in [0, 0.1) is 11.3 Å². The van der Waals surface area contributed by atoms with Gasteiger partial charge in [0.05, 0.1) is 30.8 Å². The molecule has 0 aliphatic heterocycles. The van der Waals surface area contributed by atoms with Gasteiger partial charge in [0.15, 0.2) is 0 Å². The number of nitrogens with zero attached hydrogens (tertiary/aromatic N) is 3. The van der Waals surface area contributed by atoms with Gasteiger partial charge >= 0.3 is 0 Å². The Morgan fingerprint density at radius 2 is 2.05 bits per heavy atom. The molecule has 1 aromatic heterocycles. The van der Waals surface area contributed by atoms with Gasteiger partial charge in [-0.05, 0) is 31.5 Å². The highest BCUT2D eigenvalue weighted by Gasteiger charge is 2.18. The Kier molecular flexibility index (Phi) is 4.61. The fourth-order valence-corrected chi connectivity index (χ4v) is 2.00. The van der Waals surface area contributed by atoms with Crippen LogP contribution in [-0.2, 0) is 18.5 Å². The third kappa shape index (κ3) is 3.83. The molecule has 21 heavy (non-hydrogen) atoms. The van der Waals surface area contributed by atoms with Crippen LogP contribution in [0.4, 0.5) is 5.69 Å². The quantitative estimate of drug-likeness (QED) is 0.853.